The van der Waals surface area contributed by atoms with Crippen molar-refractivity contribution in [2.75, 3.05) is 5.73 Å². The highest BCUT2D eigenvalue weighted by Crippen LogP contribution is 2.23. The Kier molecular flexibility index (Phi) is 3.32. The van der Waals surface area contributed by atoms with Crippen LogP contribution in [0.25, 0.3) is 11.4 Å². The molecule has 2 rings (SSSR count). The summed E-state index contributed by atoms with van der Waals surface area (Å²) >= 11 is 0. The molecule has 0 saturated carbocycles. The van der Waals surface area contributed by atoms with Gasteiger partial charge in [-0.05, 0) is 19.9 Å². The van der Waals surface area contributed by atoms with E-state index in [1.807, 2.05) is 10.7 Å². The fraction of sp³-hybridized carbons (Fsp3) is 0.462. The van der Waals surface area contributed by atoms with Gasteiger partial charge in [-0.15, -0.1) is 0 Å². The molecule has 2 aromatic heterocycles. The summed E-state index contributed by atoms with van der Waals surface area (Å²) in [5.74, 6) is 1.52. The molecule has 0 aromatic carbocycles. The summed E-state index contributed by atoms with van der Waals surface area (Å²) in [6, 6.07) is 4.03. The summed E-state index contributed by atoms with van der Waals surface area (Å²) in [6.07, 6.45) is 1.78. The van der Waals surface area contributed by atoms with Gasteiger partial charge >= 0.3 is 0 Å². The smallest absolute Gasteiger partial charge is 0.134 e. The average molecular weight is 245 g/mol. The van der Waals surface area contributed by atoms with E-state index >= 15 is 0 Å². The van der Waals surface area contributed by atoms with Crippen molar-refractivity contribution in [3.05, 3.63) is 24.2 Å². The topological polar surface area (TPSA) is 69.6 Å². The molecular formula is C13H19N5. The van der Waals surface area contributed by atoms with Crippen LogP contribution < -0.4 is 5.73 Å². The Morgan fingerprint density at radius 1 is 1.17 bits per heavy atom. The van der Waals surface area contributed by atoms with Crippen molar-refractivity contribution in [3.8, 4) is 11.4 Å². The predicted molar refractivity (Wildman–Crippen MR) is 72.1 cm³/mol. The van der Waals surface area contributed by atoms with E-state index < -0.39 is 0 Å². The fourth-order valence-corrected chi connectivity index (χ4v) is 1.80. The first-order valence-corrected chi connectivity index (χ1v) is 6.17. The Morgan fingerprint density at radius 2 is 1.89 bits per heavy atom. The second kappa shape index (κ2) is 4.76. The van der Waals surface area contributed by atoms with E-state index in [2.05, 4.69) is 42.8 Å². The third-order valence-electron chi connectivity index (χ3n) is 2.70. The molecule has 5 nitrogen and oxygen atoms in total. The van der Waals surface area contributed by atoms with Gasteiger partial charge in [0, 0.05) is 24.2 Å². The largest absolute Gasteiger partial charge is 0.384 e. The van der Waals surface area contributed by atoms with Gasteiger partial charge in [-0.1, -0.05) is 13.8 Å². The van der Waals surface area contributed by atoms with Gasteiger partial charge in [0.25, 0.3) is 0 Å². The molecule has 0 aliphatic heterocycles. The van der Waals surface area contributed by atoms with Crippen LogP contribution >= 0.6 is 0 Å². The molecule has 96 valence electrons. The fourth-order valence-electron chi connectivity index (χ4n) is 1.80. The Bertz CT molecular complexity index is 542. The van der Waals surface area contributed by atoms with Crippen LogP contribution in [0.3, 0.4) is 0 Å². The van der Waals surface area contributed by atoms with E-state index in [0.717, 1.165) is 17.2 Å². The van der Waals surface area contributed by atoms with Crippen molar-refractivity contribution in [1.29, 1.82) is 0 Å². The zero-order valence-corrected chi connectivity index (χ0v) is 11.3. The normalized spacial score (nSPS) is 11.4. The average Bonchev–Trinajstić information content (AvgIpc) is 2.76. The molecule has 2 aromatic rings. The van der Waals surface area contributed by atoms with Crippen LogP contribution in [0, 0.1) is 0 Å². The molecule has 0 aliphatic carbocycles. The van der Waals surface area contributed by atoms with Crippen molar-refractivity contribution in [3.63, 3.8) is 0 Å². The number of anilines is 1. The number of rotatable bonds is 3. The van der Waals surface area contributed by atoms with Crippen LogP contribution in [0.5, 0.6) is 0 Å². The zero-order chi connectivity index (χ0) is 13.3. The van der Waals surface area contributed by atoms with E-state index in [1.165, 1.54) is 0 Å². The number of aromatic nitrogens is 4. The first-order valence-electron chi connectivity index (χ1n) is 6.17. The first-order chi connectivity index (χ1) is 8.49. The molecule has 2 N–H and O–H groups in total. The molecule has 0 unspecified atom stereocenters. The molecule has 5 heteroatoms. The van der Waals surface area contributed by atoms with Gasteiger partial charge in [0.1, 0.15) is 11.6 Å². The third-order valence-corrected chi connectivity index (χ3v) is 2.70. The van der Waals surface area contributed by atoms with Gasteiger partial charge < -0.3 is 5.73 Å². The lowest BCUT2D eigenvalue weighted by atomic mass is 10.2. The Labute approximate surface area is 107 Å². The Hall–Kier alpha value is -1.91. The zero-order valence-electron chi connectivity index (χ0n) is 11.3. The van der Waals surface area contributed by atoms with Crippen LogP contribution in [0.15, 0.2) is 18.3 Å². The van der Waals surface area contributed by atoms with Crippen molar-refractivity contribution in [1.82, 2.24) is 19.7 Å². The summed E-state index contributed by atoms with van der Waals surface area (Å²) in [6.45, 7) is 8.28. The summed E-state index contributed by atoms with van der Waals surface area (Å²) in [5.41, 5.74) is 7.65. The molecular weight excluding hydrogens is 226 g/mol. The van der Waals surface area contributed by atoms with E-state index in [1.54, 1.807) is 12.3 Å². The number of hydrogen-bond donors (Lipinski definition) is 1. The van der Waals surface area contributed by atoms with E-state index in [9.17, 15) is 0 Å². The van der Waals surface area contributed by atoms with Crippen LogP contribution in [0.4, 0.5) is 5.82 Å². The molecule has 0 fully saturated rings. The minimum absolute atomic E-state index is 0.252. The highest BCUT2D eigenvalue weighted by Gasteiger charge is 2.13. The number of hydrogen-bond acceptors (Lipinski definition) is 4. The van der Waals surface area contributed by atoms with Gasteiger partial charge in [0.15, 0.2) is 0 Å². The summed E-state index contributed by atoms with van der Waals surface area (Å²) in [4.78, 5) is 8.82. The second-order valence-corrected chi connectivity index (χ2v) is 4.95. The maximum Gasteiger partial charge on any atom is 0.134 e. The summed E-state index contributed by atoms with van der Waals surface area (Å²) in [7, 11) is 0. The highest BCUT2D eigenvalue weighted by molar-refractivity contribution is 5.58. The van der Waals surface area contributed by atoms with E-state index in [-0.39, 0.29) is 12.0 Å². The van der Waals surface area contributed by atoms with Crippen LogP contribution in [0.2, 0.25) is 0 Å². The van der Waals surface area contributed by atoms with Crippen molar-refractivity contribution in [2.45, 2.75) is 39.7 Å². The van der Waals surface area contributed by atoms with Gasteiger partial charge in [0.2, 0.25) is 0 Å². The molecule has 0 spiro atoms. The lowest BCUT2D eigenvalue weighted by molar-refractivity contribution is 0.537. The molecule has 2 heterocycles. The SMILES string of the molecule is CC(C)c1nc(N)cc(-c2ccnn2C(C)C)n1. The molecule has 0 radical (unpaired) electrons. The van der Waals surface area contributed by atoms with Crippen LogP contribution in [-0.4, -0.2) is 19.7 Å². The lowest BCUT2D eigenvalue weighted by Crippen LogP contribution is -2.08. The maximum absolute atomic E-state index is 5.85. The number of nitrogen functional groups attached to an aromatic ring is 1. The number of nitrogens with zero attached hydrogens (tertiary/aromatic N) is 4. The molecule has 0 bridgehead atoms. The van der Waals surface area contributed by atoms with Crippen molar-refractivity contribution >= 4 is 5.82 Å². The van der Waals surface area contributed by atoms with Gasteiger partial charge in [-0.3, -0.25) is 4.68 Å². The molecule has 0 atom stereocenters. The Morgan fingerprint density at radius 3 is 2.50 bits per heavy atom. The van der Waals surface area contributed by atoms with Crippen molar-refractivity contribution in [2.24, 2.45) is 0 Å². The monoisotopic (exact) mass is 245 g/mol. The standard InChI is InChI=1S/C13H19N5/c1-8(2)13-16-10(7-12(14)17-13)11-5-6-15-18(11)9(3)4/h5-9H,1-4H3,(H2,14,16,17). The molecule has 0 saturated heterocycles. The lowest BCUT2D eigenvalue weighted by Gasteiger charge is -2.12. The van der Waals surface area contributed by atoms with Gasteiger partial charge in [0.05, 0.1) is 11.4 Å². The van der Waals surface area contributed by atoms with Gasteiger partial charge in [-0.2, -0.15) is 5.10 Å². The third kappa shape index (κ3) is 2.34. The molecule has 0 aliphatic rings. The Balaban J connectivity index is 2.53. The molecule has 18 heavy (non-hydrogen) atoms. The van der Waals surface area contributed by atoms with E-state index in [4.69, 9.17) is 5.73 Å². The van der Waals surface area contributed by atoms with Crippen molar-refractivity contribution < 1.29 is 0 Å². The summed E-state index contributed by atoms with van der Waals surface area (Å²) < 4.78 is 1.94. The molecule has 0 amide bonds. The second-order valence-electron chi connectivity index (χ2n) is 4.95. The quantitative estimate of drug-likeness (QED) is 0.902. The summed E-state index contributed by atoms with van der Waals surface area (Å²) in [5, 5.41) is 4.31. The maximum atomic E-state index is 5.85. The van der Waals surface area contributed by atoms with Gasteiger partial charge in [-0.25, -0.2) is 9.97 Å². The number of nitrogens with two attached hydrogens (primary N) is 1. The van der Waals surface area contributed by atoms with Crippen LogP contribution in [0.1, 0.15) is 45.5 Å². The minimum atomic E-state index is 0.252. The minimum Gasteiger partial charge on any atom is -0.384 e. The van der Waals surface area contributed by atoms with E-state index in [0.29, 0.717) is 5.82 Å². The van der Waals surface area contributed by atoms with Crippen LogP contribution in [-0.2, 0) is 0 Å². The predicted octanol–water partition coefficient (Wildman–Crippen LogP) is 2.63. The first kappa shape index (κ1) is 12.5. The highest BCUT2D eigenvalue weighted by atomic mass is 15.3.